The number of guanidine groups is 1. The summed E-state index contributed by atoms with van der Waals surface area (Å²) >= 11 is 0. The summed E-state index contributed by atoms with van der Waals surface area (Å²) in [6.45, 7) is 10.3. The van der Waals surface area contributed by atoms with Gasteiger partial charge in [-0.2, -0.15) is 0 Å². The highest BCUT2D eigenvalue weighted by Gasteiger charge is 2.18. The molecule has 1 aromatic carbocycles. The van der Waals surface area contributed by atoms with Gasteiger partial charge in [-0.05, 0) is 50.6 Å². The molecule has 0 fully saturated rings. The van der Waals surface area contributed by atoms with Gasteiger partial charge in [0.2, 0.25) is 6.79 Å². The Kier molecular flexibility index (Phi) is 6.93. The van der Waals surface area contributed by atoms with E-state index in [1.165, 1.54) is 5.56 Å². The molecule has 0 atom stereocenters. The van der Waals surface area contributed by atoms with E-state index in [2.05, 4.69) is 56.5 Å². The lowest BCUT2D eigenvalue weighted by atomic mass is 9.93. The van der Waals surface area contributed by atoms with Gasteiger partial charge in [0, 0.05) is 26.2 Å². The third-order valence-corrected chi connectivity index (χ3v) is 3.90. The molecule has 140 valence electrons. The SMILES string of the molecule is CCNC(=NCC(C)(C)CN(C)C)NCCc1ccc2c(c1)OCO2. The van der Waals surface area contributed by atoms with Crippen LogP contribution in [0.5, 0.6) is 11.5 Å². The summed E-state index contributed by atoms with van der Waals surface area (Å²) in [6, 6.07) is 6.11. The van der Waals surface area contributed by atoms with Crippen LogP contribution in [0.15, 0.2) is 23.2 Å². The highest BCUT2D eigenvalue weighted by molar-refractivity contribution is 5.79. The van der Waals surface area contributed by atoms with Crippen molar-refractivity contribution in [1.82, 2.24) is 15.5 Å². The van der Waals surface area contributed by atoms with Gasteiger partial charge in [-0.15, -0.1) is 0 Å². The molecule has 0 amide bonds. The predicted molar refractivity (Wildman–Crippen MR) is 103 cm³/mol. The average Bonchev–Trinajstić information content (AvgIpc) is 2.99. The van der Waals surface area contributed by atoms with Crippen LogP contribution >= 0.6 is 0 Å². The number of nitrogens with one attached hydrogen (secondary N) is 2. The van der Waals surface area contributed by atoms with Crippen LogP contribution in [-0.2, 0) is 6.42 Å². The lowest BCUT2D eigenvalue weighted by Gasteiger charge is -2.26. The quantitative estimate of drug-likeness (QED) is 0.557. The molecule has 25 heavy (non-hydrogen) atoms. The zero-order chi connectivity index (χ0) is 18.3. The summed E-state index contributed by atoms with van der Waals surface area (Å²) in [5.74, 6) is 2.54. The molecule has 1 aliphatic heterocycles. The molecule has 1 aromatic rings. The first-order valence-corrected chi connectivity index (χ1v) is 8.95. The van der Waals surface area contributed by atoms with Crippen molar-refractivity contribution in [3.05, 3.63) is 23.8 Å². The number of aliphatic imine (C=N–C) groups is 1. The summed E-state index contributed by atoms with van der Waals surface area (Å²) in [7, 11) is 4.20. The Morgan fingerprint density at radius 2 is 1.96 bits per heavy atom. The fourth-order valence-electron chi connectivity index (χ4n) is 2.96. The molecule has 0 aliphatic carbocycles. The Bertz CT molecular complexity index is 585. The summed E-state index contributed by atoms with van der Waals surface area (Å²) in [5.41, 5.74) is 1.36. The van der Waals surface area contributed by atoms with E-state index in [-0.39, 0.29) is 5.41 Å². The molecular formula is C19H32N4O2. The van der Waals surface area contributed by atoms with Crippen LogP contribution in [0.4, 0.5) is 0 Å². The second-order valence-corrected chi connectivity index (χ2v) is 7.46. The van der Waals surface area contributed by atoms with Crippen molar-refractivity contribution in [1.29, 1.82) is 0 Å². The molecular weight excluding hydrogens is 316 g/mol. The zero-order valence-corrected chi connectivity index (χ0v) is 16.2. The molecule has 6 nitrogen and oxygen atoms in total. The number of fused-ring (bicyclic) bond motifs is 1. The zero-order valence-electron chi connectivity index (χ0n) is 16.2. The lowest BCUT2D eigenvalue weighted by Crippen LogP contribution is -2.40. The van der Waals surface area contributed by atoms with Gasteiger partial charge in [0.1, 0.15) is 0 Å². The van der Waals surface area contributed by atoms with E-state index in [1.54, 1.807) is 0 Å². The summed E-state index contributed by atoms with van der Waals surface area (Å²) in [6.07, 6.45) is 0.905. The highest BCUT2D eigenvalue weighted by Crippen LogP contribution is 2.32. The van der Waals surface area contributed by atoms with Crippen LogP contribution in [-0.4, -0.2) is 57.9 Å². The molecule has 2 N–H and O–H groups in total. The minimum atomic E-state index is 0.142. The van der Waals surface area contributed by atoms with E-state index in [1.807, 2.05) is 12.1 Å². The van der Waals surface area contributed by atoms with Crippen molar-refractivity contribution in [2.45, 2.75) is 27.2 Å². The van der Waals surface area contributed by atoms with E-state index >= 15 is 0 Å². The Morgan fingerprint density at radius 3 is 2.68 bits per heavy atom. The number of hydrogen-bond donors (Lipinski definition) is 2. The normalized spacial score (nSPS) is 14.1. The monoisotopic (exact) mass is 348 g/mol. The van der Waals surface area contributed by atoms with Crippen molar-refractivity contribution in [3.8, 4) is 11.5 Å². The van der Waals surface area contributed by atoms with E-state index in [0.29, 0.717) is 6.79 Å². The second-order valence-electron chi connectivity index (χ2n) is 7.46. The van der Waals surface area contributed by atoms with Gasteiger partial charge in [0.15, 0.2) is 17.5 Å². The number of rotatable bonds is 8. The second kappa shape index (κ2) is 8.94. The molecule has 0 aromatic heterocycles. The van der Waals surface area contributed by atoms with Gasteiger partial charge in [-0.1, -0.05) is 19.9 Å². The first-order valence-electron chi connectivity index (χ1n) is 8.95. The van der Waals surface area contributed by atoms with Crippen LogP contribution in [0.3, 0.4) is 0 Å². The van der Waals surface area contributed by atoms with Gasteiger partial charge in [0.25, 0.3) is 0 Å². The Balaban J connectivity index is 1.85. The smallest absolute Gasteiger partial charge is 0.231 e. The van der Waals surface area contributed by atoms with Gasteiger partial charge >= 0.3 is 0 Å². The van der Waals surface area contributed by atoms with Gasteiger partial charge < -0.3 is 25.0 Å². The van der Waals surface area contributed by atoms with E-state index < -0.39 is 0 Å². The van der Waals surface area contributed by atoms with E-state index in [4.69, 9.17) is 14.5 Å². The van der Waals surface area contributed by atoms with Gasteiger partial charge in [0.05, 0.1) is 0 Å². The average molecular weight is 348 g/mol. The van der Waals surface area contributed by atoms with Crippen molar-refractivity contribution in [2.75, 3.05) is 47.1 Å². The minimum Gasteiger partial charge on any atom is -0.454 e. The molecule has 0 saturated carbocycles. The van der Waals surface area contributed by atoms with Crippen molar-refractivity contribution in [2.24, 2.45) is 10.4 Å². The third-order valence-electron chi connectivity index (χ3n) is 3.90. The first-order chi connectivity index (χ1) is 11.9. The fraction of sp³-hybridized carbons (Fsp3) is 0.632. The Morgan fingerprint density at radius 1 is 1.20 bits per heavy atom. The molecule has 1 heterocycles. The number of nitrogens with zero attached hydrogens (tertiary/aromatic N) is 2. The fourth-order valence-corrected chi connectivity index (χ4v) is 2.96. The topological polar surface area (TPSA) is 58.1 Å². The van der Waals surface area contributed by atoms with Crippen LogP contribution in [0, 0.1) is 5.41 Å². The molecule has 0 saturated heterocycles. The van der Waals surface area contributed by atoms with Crippen LogP contribution < -0.4 is 20.1 Å². The lowest BCUT2D eigenvalue weighted by molar-refractivity contribution is 0.174. The maximum Gasteiger partial charge on any atom is 0.231 e. The van der Waals surface area contributed by atoms with E-state index in [0.717, 1.165) is 50.1 Å². The first kappa shape index (κ1) is 19.4. The molecule has 0 bridgehead atoms. The molecule has 0 unspecified atom stereocenters. The van der Waals surface area contributed by atoms with Gasteiger partial charge in [-0.25, -0.2) is 0 Å². The van der Waals surface area contributed by atoms with Crippen molar-refractivity contribution in [3.63, 3.8) is 0 Å². The third kappa shape index (κ3) is 6.46. The van der Waals surface area contributed by atoms with Crippen LogP contribution in [0.2, 0.25) is 0 Å². The maximum absolute atomic E-state index is 5.43. The largest absolute Gasteiger partial charge is 0.454 e. The minimum absolute atomic E-state index is 0.142. The number of hydrogen-bond acceptors (Lipinski definition) is 4. The number of benzene rings is 1. The van der Waals surface area contributed by atoms with Crippen molar-refractivity contribution < 1.29 is 9.47 Å². The molecule has 6 heteroatoms. The molecule has 1 aliphatic rings. The van der Waals surface area contributed by atoms with Gasteiger partial charge in [-0.3, -0.25) is 4.99 Å². The molecule has 2 rings (SSSR count). The Labute approximate surface area is 151 Å². The summed E-state index contributed by atoms with van der Waals surface area (Å²) in [4.78, 5) is 6.95. The summed E-state index contributed by atoms with van der Waals surface area (Å²) in [5, 5.41) is 6.73. The summed E-state index contributed by atoms with van der Waals surface area (Å²) < 4.78 is 10.8. The maximum atomic E-state index is 5.43. The van der Waals surface area contributed by atoms with E-state index in [9.17, 15) is 0 Å². The van der Waals surface area contributed by atoms with Crippen LogP contribution in [0.1, 0.15) is 26.3 Å². The Hall–Kier alpha value is -1.95. The van der Waals surface area contributed by atoms with Crippen LogP contribution in [0.25, 0.3) is 0 Å². The highest BCUT2D eigenvalue weighted by atomic mass is 16.7. The molecule has 0 radical (unpaired) electrons. The van der Waals surface area contributed by atoms with Crippen molar-refractivity contribution >= 4 is 5.96 Å². The predicted octanol–water partition coefficient (Wildman–Crippen LogP) is 2.10. The number of ether oxygens (including phenoxy) is 2. The molecule has 0 spiro atoms. The standard InChI is InChI=1S/C19H32N4O2/c1-6-20-18(22-12-19(2,3)13-23(4)5)21-10-9-15-7-8-16-17(11-15)25-14-24-16/h7-8,11H,6,9-10,12-14H2,1-5H3,(H2,20,21,22).